The van der Waals surface area contributed by atoms with Gasteiger partial charge < -0.3 is 10.5 Å². The summed E-state index contributed by atoms with van der Waals surface area (Å²) in [6.07, 6.45) is -4.66. The second-order valence-corrected chi connectivity index (χ2v) is 2.91. The first-order valence-electron chi connectivity index (χ1n) is 4.02. The monoisotopic (exact) mass is 223 g/mol. The van der Waals surface area contributed by atoms with Crippen molar-refractivity contribution in [2.45, 2.75) is 12.2 Å². The molecular formula is C9H9F4NO. The largest absolute Gasteiger partial charge is 0.497 e. The normalized spacial score (nSPS) is 13.7. The predicted octanol–water partition coefficient (Wildman–Crippen LogP) is 2.40. The van der Waals surface area contributed by atoms with E-state index < -0.39 is 23.6 Å². The van der Waals surface area contributed by atoms with Gasteiger partial charge in [-0.25, -0.2) is 4.39 Å². The molecule has 1 aromatic rings. The third kappa shape index (κ3) is 2.59. The molecule has 0 aliphatic rings. The Morgan fingerprint density at radius 3 is 2.33 bits per heavy atom. The lowest BCUT2D eigenvalue weighted by atomic mass is 10.1. The van der Waals surface area contributed by atoms with E-state index >= 15 is 0 Å². The average molecular weight is 223 g/mol. The van der Waals surface area contributed by atoms with Crippen LogP contribution in [0, 0.1) is 5.82 Å². The van der Waals surface area contributed by atoms with Crippen molar-refractivity contribution < 1.29 is 22.3 Å². The quantitative estimate of drug-likeness (QED) is 0.781. The van der Waals surface area contributed by atoms with Gasteiger partial charge in [0.05, 0.1) is 7.11 Å². The number of ether oxygens (including phenoxy) is 1. The number of halogens is 4. The maximum Gasteiger partial charge on any atom is 0.407 e. The molecule has 0 aliphatic carbocycles. The maximum atomic E-state index is 13.2. The topological polar surface area (TPSA) is 35.2 Å². The van der Waals surface area contributed by atoms with Crippen molar-refractivity contribution in [3.63, 3.8) is 0 Å². The highest BCUT2D eigenvalue weighted by atomic mass is 19.4. The van der Waals surface area contributed by atoms with Gasteiger partial charge in [0, 0.05) is 11.6 Å². The van der Waals surface area contributed by atoms with Gasteiger partial charge >= 0.3 is 6.18 Å². The van der Waals surface area contributed by atoms with E-state index in [1.807, 2.05) is 0 Å². The van der Waals surface area contributed by atoms with Crippen LogP contribution in [-0.2, 0) is 0 Å². The van der Waals surface area contributed by atoms with Crippen molar-refractivity contribution in [3.8, 4) is 5.75 Å². The zero-order chi connectivity index (χ0) is 11.6. The van der Waals surface area contributed by atoms with E-state index in [4.69, 9.17) is 5.73 Å². The van der Waals surface area contributed by atoms with E-state index in [1.165, 1.54) is 13.2 Å². The first-order valence-corrected chi connectivity index (χ1v) is 4.02. The van der Waals surface area contributed by atoms with Crippen molar-refractivity contribution in [3.05, 3.63) is 29.6 Å². The summed E-state index contributed by atoms with van der Waals surface area (Å²) in [4.78, 5) is 0. The van der Waals surface area contributed by atoms with Gasteiger partial charge in [-0.1, -0.05) is 6.07 Å². The Hall–Kier alpha value is -1.30. The molecule has 1 rings (SSSR count). The number of rotatable bonds is 2. The lowest BCUT2D eigenvalue weighted by Crippen LogP contribution is -2.29. The van der Waals surface area contributed by atoms with E-state index in [9.17, 15) is 17.6 Å². The van der Waals surface area contributed by atoms with E-state index in [-0.39, 0.29) is 5.75 Å². The number of methoxy groups -OCH3 is 1. The van der Waals surface area contributed by atoms with Crippen LogP contribution in [0.4, 0.5) is 17.6 Å². The number of nitrogens with two attached hydrogens (primary N) is 1. The highest BCUT2D eigenvalue weighted by Gasteiger charge is 2.39. The second-order valence-electron chi connectivity index (χ2n) is 2.91. The Labute approximate surface area is 83.6 Å². The third-order valence-corrected chi connectivity index (χ3v) is 1.90. The zero-order valence-electron chi connectivity index (χ0n) is 7.81. The molecule has 0 aromatic heterocycles. The molecular weight excluding hydrogens is 214 g/mol. The number of benzene rings is 1. The fourth-order valence-corrected chi connectivity index (χ4v) is 1.06. The lowest BCUT2D eigenvalue weighted by Gasteiger charge is -2.16. The summed E-state index contributed by atoms with van der Waals surface area (Å²) in [5.41, 5.74) is 4.26. The molecule has 0 bridgehead atoms. The average Bonchev–Trinajstić information content (AvgIpc) is 2.15. The fourth-order valence-electron chi connectivity index (χ4n) is 1.06. The minimum absolute atomic E-state index is 0.144. The summed E-state index contributed by atoms with van der Waals surface area (Å²) in [5, 5.41) is 0. The first kappa shape index (κ1) is 11.8. The minimum Gasteiger partial charge on any atom is -0.497 e. The van der Waals surface area contributed by atoms with Gasteiger partial charge in [-0.2, -0.15) is 13.2 Å². The van der Waals surface area contributed by atoms with Gasteiger partial charge in [-0.15, -0.1) is 0 Å². The standard InChI is InChI=1S/C9H9F4NO/c1-15-5-2-3-6(7(10)4-5)8(14)9(11,12)13/h2-4,8H,14H2,1H3/t8-/m1/s1. The molecule has 0 radical (unpaired) electrons. The van der Waals surface area contributed by atoms with Gasteiger partial charge in [0.1, 0.15) is 17.6 Å². The van der Waals surface area contributed by atoms with Gasteiger partial charge in [-0.3, -0.25) is 0 Å². The van der Waals surface area contributed by atoms with Crippen LogP contribution < -0.4 is 10.5 Å². The maximum absolute atomic E-state index is 13.2. The molecule has 2 nitrogen and oxygen atoms in total. The van der Waals surface area contributed by atoms with Crippen LogP contribution in [0.2, 0.25) is 0 Å². The van der Waals surface area contributed by atoms with E-state index in [0.717, 1.165) is 12.1 Å². The number of hydrogen-bond donors (Lipinski definition) is 1. The Bertz CT molecular complexity index is 350. The SMILES string of the molecule is COc1ccc([C@@H](N)C(F)(F)F)c(F)c1. The summed E-state index contributed by atoms with van der Waals surface area (Å²) in [5.74, 6) is -0.884. The van der Waals surface area contributed by atoms with Crippen LogP contribution in [0.5, 0.6) is 5.75 Å². The van der Waals surface area contributed by atoms with Gasteiger partial charge in [0.25, 0.3) is 0 Å². The third-order valence-electron chi connectivity index (χ3n) is 1.90. The molecule has 0 saturated carbocycles. The first-order chi connectivity index (χ1) is 6.86. The molecule has 0 unspecified atom stereocenters. The number of hydrogen-bond acceptors (Lipinski definition) is 2. The highest BCUT2D eigenvalue weighted by molar-refractivity contribution is 5.31. The molecule has 0 heterocycles. The Morgan fingerprint density at radius 2 is 1.93 bits per heavy atom. The molecule has 0 amide bonds. The zero-order valence-corrected chi connectivity index (χ0v) is 7.81. The molecule has 84 valence electrons. The second kappa shape index (κ2) is 4.06. The van der Waals surface area contributed by atoms with Crippen molar-refractivity contribution in [2.75, 3.05) is 7.11 Å². The minimum atomic E-state index is -4.66. The molecule has 0 fully saturated rings. The van der Waals surface area contributed by atoms with Crippen molar-refractivity contribution in [1.29, 1.82) is 0 Å². The van der Waals surface area contributed by atoms with Crippen LogP contribution in [0.3, 0.4) is 0 Å². The van der Waals surface area contributed by atoms with Gasteiger partial charge in [-0.05, 0) is 6.07 Å². The van der Waals surface area contributed by atoms with E-state index in [2.05, 4.69) is 4.74 Å². The molecule has 6 heteroatoms. The molecule has 15 heavy (non-hydrogen) atoms. The summed E-state index contributed by atoms with van der Waals surface area (Å²) < 4.78 is 54.3. The smallest absolute Gasteiger partial charge is 0.407 e. The Morgan fingerprint density at radius 1 is 1.33 bits per heavy atom. The molecule has 0 spiro atoms. The lowest BCUT2D eigenvalue weighted by molar-refractivity contribution is -0.149. The van der Waals surface area contributed by atoms with Gasteiger partial charge in [0.2, 0.25) is 0 Å². The molecule has 2 N–H and O–H groups in total. The molecule has 1 atom stereocenters. The number of alkyl halides is 3. The highest BCUT2D eigenvalue weighted by Crippen LogP contribution is 2.32. The van der Waals surface area contributed by atoms with Crippen LogP contribution in [-0.4, -0.2) is 13.3 Å². The van der Waals surface area contributed by atoms with Crippen LogP contribution in [0.15, 0.2) is 18.2 Å². The van der Waals surface area contributed by atoms with Crippen molar-refractivity contribution >= 4 is 0 Å². The summed E-state index contributed by atoms with van der Waals surface area (Å²) >= 11 is 0. The van der Waals surface area contributed by atoms with E-state index in [0.29, 0.717) is 0 Å². The molecule has 0 aliphatic heterocycles. The summed E-state index contributed by atoms with van der Waals surface area (Å²) in [6, 6.07) is 0.737. The summed E-state index contributed by atoms with van der Waals surface area (Å²) in [7, 11) is 1.29. The fraction of sp³-hybridized carbons (Fsp3) is 0.333. The van der Waals surface area contributed by atoms with Gasteiger partial charge in [0.15, 0.2) is 0 Å². The van der Waals surface area contributed by atoms with Crippen molar-refractivity contribution in [1.82, 2.24) is 0 Å². The predicted molar refractivity (Wildman–Crippen MR) is 45.9 cm³/mol. The van der Waals surface area contributed by atoms with Crippen LogP contribution in [0.25, 0.3) is 0 Å². The van der Waals surface area contributed by atoms with Crippen LogP contribution >= 0.6 is 0 Å². The van der Waals surface area contributed by atoms with E-state index in [1.54, 1.807) is 0 Å². The Kier molecular flexibility index (Phi) is 3.18. The molecule has 1 aromatic carbocycles. The summed E-state index contributed by atoms with van der Waals surface area (Å²) in [6.45, 7) is 0. The van der Waals surface area contributed by atoms with Crippen LogP contribution in [0.1, 0.15) is 11.6 Å². The Balaban J connectivity index is 3.06. The molecule has 0 saturated heterocycles. The van der Waals surface area contributed by atoms with Crippen molar-refractivity contribution in [2.24, 2.45) is 5.73 Å².